The van der Waals surface area contributed by atoms with Gasteiger partial charge in [0, 0.05) is 38.1 Å². The highest BCUT2D eigenvalue weighted by atomic mass is 16.4. The number of fused-ring (bicyclic) bond motifs is 2. The van der Waals surface area contributed by atoms with Gasteiger partial charge in [0.2, 0.25) is 0 Å². The van der Waals surface area contributed by atoms with Gasteiger partial charge in [-0.3, -0.25) is 4.57 Å². The molecule has 0 saturated carbocycles. The lowest BCUT2D eigenvalue weighted by molar-refractivity contribution is 0.142. The zero-order chi connectivity index (χ0) is 17.6. The summed E-state index contributed by atoms with van der Waals surface area (Å²) in [7, 11) is 0. The average Bonchev–Trinajstić information content (AvgIpc) is 2.93. The number of H-pyrrole nitrogens is 1. The Balaban J connectivity index is 1.79. The number of carboxylic acid groups (broad SMARTS) is 1. The first kappa shape index (κ1) is 15.4. The first-order valence-corrected chi connectivity index (χ1v) is 8.18. The van der Waals surface area contributed by atoms with Crippen molar-refractivity contribution in [2.45, 2.75) is 13.5 Å². The standard InChI is InChI=1S/C16H18N6O3/c1-2-22-13-8-11-10(7-12(13)19-15(22)23)14(18-9-17-11)20-3-5-21(6-4-20)16(24)25/h7-9H,2-6H2,1H3,(H,19,23)(H,24,25). The third-order valence-corrected chi connectivity index (χ3v) is 4.68. The van der Waals surface area contributed by atoms with E-state index in [1.165, 1.54) is 11.2 Å². The quantitative estimate of drug-likeness (QED) is 0.722. The maximum absolute atomic E-state index is 12.0. The van der Waals surface area contributed by atoms with Crippen LogP contribution in [0.15, 0.2) is 23.3 Å². The van der Waals surface area contributed by atoms with Crippen molar-refractivity contribution in [3.8, 4) is 0 Å². The number of rotatable bonds is 2. The van der Waals surface area contributed by atoms with E-state index in [4.69, 9.17) is 5.11 Å². The van der Waals surface area contributed by atoms with Gasteiger partial charge in [0.15, 0.2) is 0 Å². The number of hydrogen-bond donors (Lipinski definition) is 2. The van der Waals surface area contributed by atoms with Gasteiger partial charge >= 0.3 is 11.8 Å². The molecule has 1 aromatic carbocycles. The zero-order valence-electron chi connectivity index (χ0n) is 13.8. The molecule has 2 aromatic heterocycles. The number of aromatic nitrogens is 4. The van der Waals surface area contributed by atoms with Crippen LogP contribution in [0.5, 0.6) is 0 Å². The molecule has 9 heteroatoms. The number of nitrogens with one attached hydrogen (secondary N) is 1. The molecule has 0 atom stereocenters. The Kier molecular flexibility index (Phi) is 3.56. The SMILES string of the molecule is CCn1c(=O)[nH]c2cc3c(N4CCN(C(=O)O)CC4)ncnc3cc21. The molecule has 0 radical (unpaired) electrons. The summed E-state index contributed by atoms with van der Waals surface area (Å²) in [5, 5.41) is 9.93. The second-order valence-electron chi connectivity index (χ2n) is 6.01. The van der Waals surface area contributed by atoms with Crippen molar-refractivity contribution in [1.82, 2.24) is 24.4 Å². The molecule has 1 aliphatic rings. The van der Waals surface area contributed by atoms with Crippen LogP contribution in [0.1, 0.15) is 6.92 Å². The summed E-state index contributed by atoms with van der Waals surface area (Å²) < 4.78 is 1.67. The summed E-state index contributed by atoms with van der Waals surface area (Å²) in [6, 6.07) is 3.79. The molecular weight excluding hydrogens is 324 g/mol. The first-order chi connectivity index (χ1) is 12.1. The van der Waals surface area contributed by atoms with Crippen LogP contribution in [0.4, 0.5) is 10.6 Å². The topological polar surface area (TPSA) is 107 Å². The zero-order valence-corrected chi connectivity index (χ0v) is 13.8. The Labute approximate surface area is 142 Å². The lowest BCUT2D eigenvalue weighted by Crippen LogP contribution is -2.48. The fourth-order valence-electron chi connectivity index (χ4n) is 3.37. The van der Waals surface area contributed by atoms with Gasteiger partial charge in [0.05, 0.1) is 16.6 Å². The number of aryl methyl sites for hydroxylation is 1. The smallest absolute Gasteiger partial charge is 0.407 e. The third kappa shape index (κ3) is 2.48. The number of benzene rings is 1. The lowest BCUT2D eigenvalue weighted by Gasteiger charge is -2.34. The highest BCUT2D eigenvalue weighted by Crippen LogP contribution is 2.27. The molecule has 0 spiro atoms. The molecule has 3 aromatic rings. The average molecular weight is 342 g/mol. The highest BCUT2D eigenvalue weighted by molar-refractivity contribution is 5.98. The number of aromatic amines is 1. The third-order valence-electron chi connectivity index (χ3n) is 4.68. The maximum Gasteiger partial charge on any atom is 0.407 e. The van der Waals surface area contributed by atoms with Crippen LogP contribution in [0.3, 0.4) is 0 Å². The molecule has 0 aliphatic carbocycles. The predicted molar refractivity (Wildman–Crippen MR) is 93.1 cm³/mol. The van der Waals surface area contributed by atoms with Gasteiger partial charge < -0.3 is 19.9 Å². The summed E-state index contributed by atoms with van der Waals surface area (Å²) in [5.74, 6) is 0.766. The summed E-state index contributed by atoms with van der Waals surface area (Å²) in [6.07, 6.45) is 0.612. The molecule has 2 N–H and O–H groups in total. The molecule has 130 valence electrons. The molecule has 9 nitrogen and oxygen atoms in total. The van der Waals surface area contributed by atoms with Gasteiger partial charge in [-0.1, -0.05) is 0 Å². The molecular formula is C16H18N6O3. The van der Waals surface area contributed by atoms with Gasteiger partial charge in [0.1, 0.15) is 12.1 Å². The van der Waals surface area contributed by atoms with Crippen LogP contribution in [0, 0.1) is 0 Å². The van der Waals surface area contributed by atoms with Crippen molar-refractivity contribution in [1.29, 1.82) is 0 Å². The van der Waals surface area contributed by atoms with E-state index in [0.717, 1.165) is 27.8 Å². The molecule has 0 unspecified atom stereocenters. The van der Waals surface area contributed by atoms with Crippen molar-refractivity contribution >= 4 is 33.8 Å². The number of anilines is 1. The minimum Gasteiger partial charge on any atom is -0.465 e. The van der Waals surface area contributed by atoms with Gasteiger partial charge in [-0.25, -0.2) is 19.6 Å². The van der Waals surface area contributed by atoms with Crippen LogP contribution in [0.25, 0.3) is 21.9 Å². The van der Waals surface area contributed by atoms with Crippen molar-refractivity contribution < 1.29 is 9.90 Å². The Morgan fingerprint density at radius 2 is 2.00 bits per heavy atom. The van der Waals surface area contributed by atoms with Crippen LogP contribution >= 0.6 is 0 Å². The summed E-state index contributed by atoms with van der Waals surface area (Å²) >= 11 is 0. The van der Waals surface area contributed by atoms with E-state index in [9.17, 15) is 9.59 Å². The summed E-state index contributed by atoms with van der Waals surface area (Å²) in [5.41, 5.74) is 2.19. The van der Waals surface area contributed by atoms with E-state index in [2.05, 4.69) is 19.9 Å². The first-order valence-electron chi connectivity index (χ1n) is 8.18. The van der Waals surface area contributed by atoms with Crippen molar-refractivity contribution in [3.63, 3.8) is 0 Å². The number of nitrogens with zero attached hydrogens (tertiary/aromatic N) is 5. The number of imidazole rings is 1. The fraction of sp³-hybridized carbons (Fsp3) is 0.375. The molecule has 4 rings (SSSR count). The molecule has 1 fully saturated rings. The number of piperazine rings is 1. The molecule has 1 aliphatic heterocycles. The van der Waals surface area contributed by atoms with Crippen LogP contribution in [-0.2, 0) is 6.54 Å². The monoisotopic (exact) mass is 342 g/mol. The van der Waals surface area contributed by atoms with Crippen molar-refractivity contribution in [2.75, 3.05) is 31.1 Å². The molecule has 3 heterocycles. The van der Waals surface area contributed by atoms with E-state index in [-0.39, 0.29) is 5.69 Å². The fourth-order valence-corrected chi connectivity index (χ4v) is 3.37. The minimum atomic E-state index is -0.896. The normalized spacial score (nSPS) is 15.2. The minimum absolute atomic E-state index is 0.141. The van der Waals surface area contributed by atoms with Gasteiger partial charge in [0.25, 0.3) is 0 Å². The van der Waals surface area contributed by atoms with Crippen molar-refractivity contribution in [2.24, 2.45) is 0 Å². The second kappa shape index (κ2) is 5.76. The lowest BCUT2D eigenvalue weighted by atomic mass is 10.2. The van der Waals surface area contributed by atoms with Gasteiger partial charge in [-0.2, -0.15) is 0 Å². The Bertz CT molecular complexity index is 1020. The Hall–Kier alpha value is -3.10. The molecule has 1 saturated heterocycles. The predicted octanol–water partition coefficient (Wildman–Crippen LogP) is 1.09. The van der Waals surface area contributed by atoms with Crippen LogP contribution < -0.4 is 10.6 Å². The van der Waals surface area contributed by atoms with Crippen molar-refractivity contribution in [3.05, 3.63) is 28.9 Å². The van der Waals surface area contributed by atoms with Gasteiger partial charge in [-0.05, 0) is 19.1 Å². The summed E-state index contributed by atoms with van der Waals surface area (Å²) in [4.78, 5) is 38.2. The van der Waals surface area contributed by atoms with Crippen LogP contribution in [0.2, 0.25) is 0 Å². The molecule has 0 bridgehead atoms. The van der Waals surface area contributed by atoms with E-state index in [1.807, 2.05) is 19.1 Å². The second-order valence-corrected chi connectivity index (χ2v) is 6.01. The van der Waals surface area contributed by atoms with E-state index >= 15 is 0 Å². The number of hydrogen-bond acceptors (Lipinski definition) is 5. The Morgan fingerprint density at radius 3 is 2.68 bits per heavy atom. The van der Waals surface area contributed by atoms with Gasteiger partial charge in [-0.15, -0.1) is 0 Å². The number of carbonyl (C=O) groups is 1. The van der Waals surface area contributed by atoms with E-state index in [0.29, 0.717) is 32.7 Å². The molecule has 25 heavy (non-hydrogen) atoms. The largest absolute Gasteiger partial charge is 0.465 e. The van der Waals surface area contributed by atoms with E-state index < -0.39 is 6.09 Å². The number of amides is 1. The molecule has 1 amide bonds. The maximum atomic E-state index is 12.0. The van der Waals surface area contributed by atoms with Crippen LogP contribution in [-0.4, -0.2) is 61.8 Å². The highest BCUT2D eigenvalue weighted by Gasteiger charge is 2.23. The Morgan fingerprint density at radius 1 is 1.24 bits per heavy atom. The summed E-state index contributed by atoms with van der Waals surface area (Å²) in [6.45, 7) is 4.52. The van der Waals surface area contributed by atoms with E-state index in [1.54, 1.807) is 4.57 Å².